The van der Waals surface area contributed by atoms with E-state index in [-0.39, 0.29) is 27.5 Å². The van der Waals surface area contributed by atoms with Gasteiger partial charge in [0, 0.05) is 17.0 Å². The average Bonchev–Trinajstić information content (AvgIpc) is 3.31. The molecule has 1 aliphatic heterocycles. The molecule has 1 aromatic heterocycles. The quantitative estimate of drug-likeness (QED) is 0.568. The molecule has 0 bridgehead atoms. The number of hydrogen-bond acceptors (Lipinski definition) is 6. The molecule has 0 unspecified atom stereocenters. The highest BCUT2D eigenvalue weighted by molar-refractivity contribution is 7.10. The fourth-order valence-corrected chi connectivity index (χ4v) is 4.55. The summed E-state index contributed by atoms with van der Waals surface area (Å²) in [6, 6.07) is 8.16. The van der Waals surface area contributed by atoms with E-state index in [9.17, 15) is 27.9 Å². The summed E-state index contributed by atoms with van der Waals surface area (Å²) >= 11 is 6.33. The lowest BCUT2D eigenvalue weighted by molar-refractivity contribution is -0.138. The van der Waals surface area contributed by atoms with Gasteiger partial charge in [-0.25, -0.2) is 0 Å². The van der Waals surface area contributed by atoms with Crippen LogP contribution in [0.3, 0.4) is 0 Å². The van der Waals surface area contributed by atoms with Gasteiger partial charge in [-0.2, -0.15) is 23.4 Å². The lowest BCUT2D eigenvalue weighted by Gasteiger charge is -2.15. The number of fused-ring (bicyclic) bond motifs is 1. The summed E-state index contributed by atoms with van der Waals surface area (Å²) in [6.45, 7) is -0.793. The van der Waals surface area contributed by atoms with E-state index in [1.807, 2.05) is 0 Å². The molecule has 0 radical (unpaired) electrons. The van der Waals surface area contributed by atoms with Crippen LogP contribution >= 0.6 is 22.9 Å². The number of aromatic hydroxyl groups is 1. The van der Waals surface area contributed by atoms with Crippen molar-refractivity contribution < 1.29 is 28.2 Å². The maximum absolute atomic E-state index is 13.7. The van der Waals surface area contributed by atoms with Crippen molar-refractivity contribution in [1.82, 2.24) is 4.57 Å². The highest BCUT2D eigenvalue weighted by Gasteiger charge is 2.34. The number of carboxylic acid groups (broad SMARTS) is 1. The molecule has 170 valence electrons. The first-order chi connectivity index (χ1) is 15.5. The summed E-state index contributed by atoms with van der Waals surface area (Å²) in [5.74, 6) is -1.99. The van der Waals surface area contributed by atoms with Crippen LogP contribution in [0.25, 0.3) is 5.57 Å². The molecule has 0 atom stereocenters. The van der Waals surface area contributed by atoms with E-state index in [1.165, 1.54) is 18.3 Å². The zero-order chi connectivity index (χ0) is 23.9. The third-order valence-corrected chi connectivity index (χ3v) is 6.18. The van der Waals surface area contributed by atoms with E-state index >= 15 is 0 Å². The van der Waals surface area contributed by atoms with Crippen molar-refractivity contribution in [3.8, 4) is 5.88 Å². The summed E-state index contributed by atoms with van der Waals surface area (Å²) in [5, 5.41) is 28.3. The number of nitrogens with zero attached hydrogens (tertiary/aromatic N) is 3. The summed E-state index contributed by atoms with van der Waals surface area (Å²) in [4.78, 5) is 22.7. The van der Waals surface area contributed by atoms with Gasteiger partial charge in [0.1, 0.15) is 6.54 Å². The Bertz CT molecular complexity index is 1490. The Labute approximate surface area is 192 Å². The van der Waals surface area contributed by atoms with Gasteiger partial charge in [-0.05, 0) is 40.6 Å². The Kier molecular flexibility index (Phi) is 5.85. The highest BCUT2D eigenvalue weighted by Crippen LogP contribution is 2.37. The number of thiazole rings is 1. The topological polar surface area (TPSA) is 104 Å². The monoisotopic (exact) mass is 495 g/mol. The van der Waals surface area contributed by atoms with Crippen LogP contribution in [0, 0.1) is 0 Å². The SMILES string of the molecule is O=C(O)Cn1c(O)c(C(Cc2ccc(Cl)cc2C(F)(F)F)=c2ccc3c(c2)C=NN=3)sc1=O. The lowest BCUT2D eigenvalue weighted by Crippen LogP contribution is -2.18. The minimum Gasteiger partial charge on any atom is -0.493 e. The molecule has 1 aliphatic rings. The van der Waals surface area contributed by atoms with E-state index in [0.29, 0.717) is 32.0 Å². The number of benzene rings is 2. The van der Waals surface area contributed by atoms with Crippen LogP contribution in [-0.2, 0) is 23.9 Å². The summed E-state index contributed by atoms with van der Waals surface area (Å²) in [5.41, 5.74) is -0.281. The third-order valence-electron chi connectivity index (χ3n) is 4.92. The molecule has 12 heteroatoms. The molecule has 0 amide bonds. The van der Waals surface area contributed by atoms with Crippen molar-refractivity contribution in [2.75, 3.05) is 0 Å². The van der Waals surface area contributed by atoms with Crippen LogP contribution in [0.2, 0.25) is 5.02 Å². The molecule has 0 aliphatic carbocycles. The van der Waals surface area contributed by atoms with Crippen molar-refractivity contribution in [3.05, 3.63) is 83.2 Å². The standard InChI is InChI=1S/C21H13ClF3N3O4S/c22-13-3-1-11(15(7-13)21(23,24)25)6-14(10-2-4-16-12(5-10)8-26-27-16)18-19(31)28(9-17(29)30)20(32)33-18/h1-5,7-8,31H,6,9H2,(H,29,30). The smallest absolute Gasteiger partial charge is 0.416 e. The number of rotatable bonds is 5. The van der Waals surface area contributed by atoms with E-state index in [4.69, 9.17) is 16.7 Å². The maximum Gasteiger partial charge on any atom is 0.416 e. The zero-order valence-corrected chi connectivity index (χ0v) is 18.0. The average molecular weight is 496 g/mol. The first-order valence-electron chi connectivity index (χ1n) is 9.29. The highest BCUT2D eigenvalue weighted by atomic mass is 35.5. The molecule has 7 nitrogen and oxygen atoms in total. The van der Waals surface area contributed by atoms with E-state index in [2.05, 4.69) is 10.2 Å². The van der Waals surface area contributed by atoms with Crippen LogP contribution in [-0.4, -0.2) is 27.0 Å². The minimum atomic E-state index is -4.70. The number of hydrogen-bond donors (Lipinski definition) is 2. The van der Waals surface area contributed by atoms with Crippen LogP contribution in [0.4, 0.5) is 13.2 Å². The van der Waals surface area contributed by atoms with E-state index < -0.39 is 35.0 Å². The number of halogens is 4. The van der Waals surface area contributed by atoms with Gasteiger partial charge < -0.3 is 10.2 Å². The Balaban J connectivity index is 1.98. The second-order valence-corrected chi connectivity index (χ2v) is 8.47. The lowest BCUT2D eigenvalue weighted by atomic mass is 9.96. The Morgan fingerprint density at radius 1 is 1.18 bits per heavy atom. The van der Waals surface area contributed by atoms with E-state index in [0.717, 1.165) is 6.07 Å². The maximum atomic E-state index is 13.7. The van der Waals surface area contributed by atoms with Crippen LogP contribution in [0.15, 0.2) is 51.4 Å². The van der Waals surface area contributed by atoms with Gasteiger partial charge >= 0.3 is 17.0 Å². The molecule has 0 spiro atoms. The second-order valence-electron chi connectivity index (χ2n) is 7.07. The predicted octanol–water partition coefficient (Wildman–Crippen LogP) is 2.78. The van der Waals surface area contributed by atoms with Crippen molar-refractivity contribution in [2.24, 2.45) is 10.2 Å². The zero-order valence-electron chi connectivity index (χ0n) is 16.4. The molecule has 0 fully saturated rings. The van der Waals surface area contributed by atoms with Gasteiger partial charge in [0.15, 0.2) is 0 Å². The summed E-state index contributed by atoms with van der Waals surface area (Å²) in [7, 11) is 0. The molecule has 0 saturated heterocycles. The van der Waals surface area contributed by atoms with Gasteiger partial charge in [-0.3, -0.25) is 14.2 Å². The largest absolute Gasteiger partial charge is 0.493 e. The van der Waals surface area contributed by atoms with Gasteiger partial charge in [0.05, 0.1) is 22.0 Å². The molecule has 4 rings (SSSR count). The molecule has 2 aromatic carbocycles. The minimum absolute atomic E-state index is 0.0313. The fourth-order valence-electron chi connectivity index (χ4n) is 3.43. The summed E-state index contributed by atoms with van der Waals surface area (Å²) in [6.07, 6.45) is -3.54. The fraction of sp³-hybridized carbons (Fsp3) is 0.143. The van der Waals surface area contributed by atoms with E-state index in [1.54, 1.807) is 18.2 Å². The number of aliphatic carboxylic acids is 1. The Morgan fingerprint density at radius 3 is 2.64 bits per heavy atom. The van der Waals surface area contributed by atoms with Crippen LogP contribution in [0.1, 0.15) is 21.6 Å². The predicted molar refractivity (Wildman–Crippen MR) is 115 cm³/mol. The number of aromatic nitrogens is 1. The number of carbonyl (C=O) groups is 1. The Morgan fingerprint density at radius 2 is 1.94 bits per heavy atom. The first-order valence-corrected chi connectivity index (χ1v) is 10.5. The van der Waals surface area contributed by atoms with Gasteiger partial charge in [-0.15, -0.1) is 0 Å². The molecule has 0 saturated carbocycles. The van der Waals surface area contributed by atoms with Crippen molar-refractivity contribution in [1.29, 1.82) is 0 Å². The molecule has 3 aromatic rings. The molecule has 33 heavy (non-hydrogen) atoms. The van der Waals surface area contributed by atoms with Gasteiger partial charge in [-0.1, -0.05) is 35.1 Å². The van der Waals surface area contributed by atoms with Gasteiger partial charge in [0.2, 0.25) is 5.88 Å². The van der Waals surface area contributed by atoms with Crippen LogP contribution in [0.5, 0.6) is 5.88 Å². The van der Waals surface area contributed by atoms with Crippen LogP contribution < -0.4 is 15.4 Å². The van der Waals surface area contributed by atoms with Crippen molar-refractivity contribution >= 4 is 40.7 Å². The van der Waals surface area contributed by atoms with Crippen molar-refractivity contribution in [2.45, 2.75) is 19.1 Å². The second kappa shape index (κ2) is 8.49. The molecule has 2 heterocycles. The number of alkyl halides is 3. The third kappa shape index (κ3) is 4.55. The Hall–Kier alpha value is -3.44. The normalized spacial score (nSPS) is 13.6. The first kappa shape index (κ1) is 22.7. The number of carboxylic acids is 1. The molecular formula is C21H13ClF3N3O4S. The van der Waals surface area contributed by atoms with Gasteiger partial charge in [0.25, 0.3) is 0 Å². The van der Waals surface area contributed by atoms with Crippen molar-refractivity contribution in [3.63, 3.8) is 0 Å². The summed E-state index contributed by atoms with van der Waals surface area (Å²) < 4.78 is 41.7. The molecular weight excluding hydrogens is 483 g/mol. The molecule has 2 N–H and O–H groups in total.